The molecule has 0 N–H and O–H groups in total. The van der Waals surface area contributed by atoms with Crippen LogP contribution in [0.1, 0.15) is 23.6 Å². The zero-order valence-electron chi connectivity index (χ0n) is 18.3. The first kappa shape index (κ1) is 24.3. The molecule has 0 unspecified atom stereocenters. The average Bonchev–Trinajstić information content (AvgIpc) is 2.78. The maximum atomic E-state index is 13.7. The minimum Gasteiger partial charge on any atom is -0.495 e. The van der Waals surface area contributed by atoms with Gasteiger partial charge in [-0.3, -0.25) is 9.10 Å². The Morgan fingerprint density at radius 1 is 0.969 bits per heavy atom. The van der Waals surface area contributed by atoms with Gasteiger partial charge < -0.3 is 4.74 Å². The summed E-state index contributed by atoms with van der Waals surface area (Å²) in [5.74, 6) is 0.200. The summed E-state index contributed by atoms with van der Waals surface area (Å²) >= 11 is 2.20. The first-order valence-corrected chi connectivity index (χ1v) is 12.8. The number of benzene rings is 3. The molecular formula is C25H26INO4S. The standard InChI is InChI=1S/C25H26INO4S/c1-4-19-9-14-25(31-3)24(16-19)27(32(29,30)23-12-5-18(2)6-13-23)17-22(28)15-20-7-10-21(26)11-8-20/h5-14,16H,4,15,17H2,1-3H3. The van der Waals surface area contributed by atoms with Gasteiger partial charge >= 0.3 is 0 Å². The molecule has 0 saturated heterocycles. The molecule has 3 aromatic carbocycles. The van der Waals surface area contributed by atoms with Gasteiger partial charge in [-0.1, -0.05) is 42.8 Å². The van der Waals surface area contributed by atoms with Gasteiger partial charge in [0.05, 0.1) is 24.2 Å². The maximum Gasteiger partial charge on any atom is 0.264 e. The van der Waals surface area contributed by atoms with Gasteiger partial charge in [-0.15, -0.1) is 0 Å². The van der Waals surface area contributed by atoms with Crippen molar-refractivity contribution < 1.29 is 17.9 Å². The number of sulfonamides is 1. The molecule has 168 valence electrons. The number of rotatable bonds is 9. The van der Waals surface area contributed by atoms with Crippen LogP contribution >= 0.6 is 22.6 Å². The maximum absolute atomic E-state index is 13.7. The summed E-state index contributed by atoms with van der Waals surface area (Å²) in [6.07, 6.45) is 0.874. The molecule has 3 rings (SSSR count). The number of ether oxygens (including phenoxy) is 1. The van der Waals surface area contributed by atoms with Crippen LogP contribution in [0, 0.1) is 10.5 Å². The summed E-state index contributed by atoms with van der Waals surface area (Å²) in [5.41, 5.74) is 3.12. The van der Waals surface area contributed by atoms with Crippen LogP contribution in [0.3, 0.4) is 0 Å². The summed E-state index contributed by atoms with van der Waals surface area (Å²) in [7, 11) is -2.50. The zero-order chi connectivity index (χ0) is 23.3. The summed E-state index contributed by atoms with van der Waals surface area (Å²) in [5, 5.41) is 0. The van der Waals surface area contributed by atoms with Crippen LogP contribution in [-0.4, -0.2) is 27.9 Å². The molecule has 0 aliphatic rings. The summed E-state index contributed by atoms with van der Waals surface area (Å²) in [4.78, 5) is 13.2. The molecule has 0 amide bonds. The van der Waals surface area contributed by atoms with E-state index in [1.165, 1.54) is 11.4 Å². The lowest BCUT2D eigenvalue weighted by Gasteiger charge is -2.26. The fourth-order valence-corrected chi connectivity index (χ4v) is 5.14. The summed E-state index contributed by atoms with van der Waals surface area (Å²) in [6, 6.07) is 19.7. The number of hydrogen-bond acceptors (Lipinski definition) is 4. The number of anilines is 1. The van der Waals surface area contributed by atoms with E-state index in [0.29, 0.717) is 11.4 Å². The van der Waals surface area contributed by atoms with Gasteiger partial charge in [0.2, 0.25) is 0 Å². The van der Waals surface area contributed by atoms with Crippen LogP contribution in [0.15, 0.2) is 71.6 Å². The number of aryl methyl sites for hydroxylation is 2. The van der Waals surface area contributed by atoms with Crippen LogP contribution in [-0.2, 0) is 27.7 Å². The molecule has 0 fully saturated rings. The fourth-order valence-electron chi connectivity index (χ4n) is 3.33. The zero-order valence-corrected chi connectivity index (χ0v) is 21.3. The minimum atomic E-state index is -3.99. The van der Waals surface area contributed by atoms with Crippen molar-refractivity contribution in [2.24, 2.45) is 0 Å². The Labute approximate surface area is 203 Å². The summed E-state index contributed by atoms with van der Waals surface area (Å²) < 4.78 is 35.0. The predicted molar refractivity (Wildman–Crippen MR) is 136 cm³/mol. The molecule has 7 heteroatoms. The second-order valence-electron chi connectivity index (χ2n) is 7.53. The second kappa shape index (κ2) is 10.5. The minimum absolute atomic E-state index is 0.133. The van der Waals surface area contributed by atoms with Crippen molar-refractivity contribution in [3.05, 3.63) is 87.0 Å². The van der Waals surface area contributed by atoms with Crippen molar-refractivity contribution in [3.63, 3.8) is 0 Å². The fraction of sp³-hybridized carbons (Fsp3) is 0.240. The first-order chi connectivity index (χ1) is 15.2. The van der Waals surface area contributed by atoms with Crippen molar-refractivity contribution in [2.75, 3.05) is 18.0 Å². The van der Waals surface area contributed by atoms with Crippen molar-refractivity contribution in [1.29, 1.82) is 0 Å². The van der Waals surface area contributed by atoms with Crippen LogP contribution in [0.5, 0.6) is 5.75 Å². The average molecular weight is 563 g/mol. The molecule has 0 bridgehead atoms. The molecule has 0 heterocycles. The van der Waals surface area contributed by atoms with Gasteiger partial charge in [-0.25, -0.2) is 8.42 Å². The second-order valence-corrected chi connectivity index (χ2v) is 10.6. The number of Topliss-reactive ketones (excluding diaryl/α,β-unsaturated/α-hetero) is 1. The summed E-state index contributed by atoms with van der Waals surface area (Å²) in [6.45, 7) is 3.60. The number of ketones is 1. The van der Waals surface area contributed by atoms with E-state index < -0.39 is 10.0 Å². The molecule has 0 aliphatic heterocycles. The number of nitrogens with zero attached hydrogens (tertiary/aromatic N) is 1. The third-order valence-electron chi connectivity index (χ3n) is 5.16. The highest BCUT2D eigenvalue weighted by atomic mass is 127. The molecule has 0 spiro atoms. The Hall–Kier alpha value is -2.39. The van der Waals surface area contributed by atoms with Crippen molar-refractivity contribution in [2.45, 2.75) is 31.6 Å². The van der Waals surface area contributed by atoms with Gasteiger partial charge in [0.15, 0.2) is 5.78 Å². The van der Waals surface area contributed by atoms with Gasteiger partial charge in [-0.2, -0.15) is 0 Å². The van der Waals surface area contributed by atoms with E-state index in [0.717, 1.165) is 26.7 Å². The van der Waals surface area contributed by atoms with Gasteiger partial charge in [0.1, 0.15) is 5.75 Å². The van der Waals surface area contributed by atoms with Crippen molar-refractivity contribution in [3.8, 4) is 5.75 Å². The molecule has 3 aromatic rings. The highest BCUT2D eigenvalue weighted by Gasteiger charge is 2.29. The number of methoxy groups -OCH3 is 1. The number of halogens is 1. The van der Waals surface area contributed by atoms with E-state index in [4.69, 9.17) is 4.74 Å². The normalized spacial score (nSPS) is 11.2. The Kier molecular flexibility index (Phi) is 7.95. The van der Waals surface area contributed by atoms with E-state index in [2.05, 4.69) is 22.6 Å². The van der Waals surface area contributed by atoms with E-state index in [1.807, 2.05) is 44.2 Å². The van der Waals surface area contributed by atoms with Crippen LogP contribution in [0.2, 0.25) is 0 Å². The highest BCUT2D eigenvalue weighted by Crippen LogP contribution is 2.34. The number of carbonyl (C=O) groups is 1. The van der Waals surface area contributed by atoms with Crippen LogP contribution in [0.25, 0.3) is 0 Å². The molecule has 32 heavy (non-hydrogen) atoms. The third kappa shape index (κ3) is 5.69. The Morgan fingerprint density at radius 2 is 1.59 bits per heavy atom. The largest absolute Gasteiger partial charge is 0.495 e. The molecule has 0 aliphatic carbocycles. The predicted octanol–water partition coefficient (Wildman–Crippen LogP) is 5.18. The topological polar surface area (TPSA) is 63.7 Å². The molecule has 0 atom stereocenters. The SMILES string of the molecule is CCc1ccc(OC)c(N(CC(=O)Cc2ccc(I)cc2)S(=O)(=O)c2ccc(C)cc2)c1. The molecule has 0 aromatic heterocycles. The lowest BCUT2D eigenvalue weighted by atomic mass is 10.1. The molecule has 0 saturated carbocycles. The Morgan fingerprint density at radius 3 is 2.19 bits per heavy atom. The van der Waals surface area contributed by atoms with Crippen molar-refractivity contribution >= 4 is 44.1 Å². The lowest BCUT2D eigenvalue weighted by molar-refractivity contribution is -0.117. The van der Waals surface area contributed by atoms with Gasteiger partial charge in [-0.05, 0) is 83.5 Å². The van der Waals surface area contributed by atoms with E-state index in [9.17, 15) is 13.2 Å². The van der Waals surface area contributed by atoms with E-state index >= 15 is 0 Å². The molecule has 5 nitrogen and oxygen atoms in total. The van der Waals surface area contributed by atoms with Crippen molar-refractivity contribution in [1.82, 2.24) is 0 Å². The first-order valence-electron chi connectivity index (χ1n) is 10.3. The molecular weight excluding hydrogens is 537 g/mol. The van der Waals surface area contributed by atoms with Gasteiger partial charge in [0, 0.05) is 9.99 Å². The monoisotopic (exact) mass is 563 g/mol. The molecule has 0 radical (unpaired) electrons. The lowest BCUT2D eigenvalue weighted by Crippen LogP contribution is -2.36. The van der Waals surface area contributed by atoms with Gasteiger partial charge in [0.25, 0.3) is 10.0 Å². The quantitative estimate of drug-likeness (QED) is 0.337. The number of carbonyl (C=O) groups excluding carboxylic acids is 1. The Bertz CT molecular complexity index is 1190. The van der Waals surface area contributed by atoms with Crippen LogP contribution < -0.4 is 9.04 Å². The smallest absolute Gasteiger partial charge is 0.264 e. The number of hydrogen-bond donors (Lipinski definition) is 0. The van der Waals surface area contributed by atoms with Crippen LogP contribution in [0.4, 0.5) is 5.69 Å². The Balaban J connectivity index is 2.04. The highest BCUT2D eigenvalue weighted by molar-refractivity contribution is 14.1. The third-order valence-corrected chi connectivity index (χ3v) is 7.66. The van der Waals surface area contributed by atoms with E-state index in [1.54, 1.807) is 36.4 Å². The van der Waals surface area contributed by atoms with E-state index in [-0.39, 0.29) is 23.6 Å².